The predicted octanol–water partition coefficient (Wildman–Crippen LogP) is 4.04. The molecule has 0 spiro atoms. The van der Waals surface area contributed by atoms with Crippen molar-refractivity contribution in [2.75, 3.05) is 11.1 Å². The maximum absolute atomic E-state index is 12.2. The average Bonchev–Trinajstić information content (AvgIpc) is 2.85. The van der Waals surface area contributed by atoms with Gasteiger partial charge in [-0.3, -0.25) is 4.79 Å². The molecule has 2 aromatic carbocycles. The van der Waals surface area contributed by atoms with Crippen molar-refractivity contribution in [2.24, 2.45) is 0 Å². The molecule has 1 heterocycles. The fourth-order valence-corrected chi connectivity index (χ4v) is 2.90. The highest BCUT2D eigenvalue weighted by Crippen LogP contribution is 2.24. The van der Waals surface area contributed by atoms with Crippen LogP contribution in [-0.2, 0) is 0 Å². The molecule has 0 atom stereocenters. The first-order valence-electron chi connectivity index (χ1n) is 6.28. The van der Waals surface area contributed by atoms with Gasteiger partial charge in [0.1, 0.15) is 0 Å². The van der Waals surface area contributed by atoms with Gasteiger partial charge in [-0.15, -0.1) is 11.3 Å². The largest absolute Gasteiger partial charge is 0.398 e. The molecule has 0 aliphatic rings. The Kier molecular flexibility index (Phi) is 3.16. The van der Waals surface area contributed by atoms with Crippen LogP contribution in [0.3, 0.4) is 0 Å². The number of thiophene rings is 1. The number of hydrogen-bond donors (Lipinski definition) is 2. The van der Waals surface area contributed by atoms with Crippen LogP contribution in [0, 0.1) is 6.92 Å². The molecule has 3 nitrogen and oxygen atoms in total. The van der Waals surface area contributed by atoms with Crippen LogP contribution >= 0.6 is 11.3 Å². The molecule has 0 fully saturated rings. The summed E-state index contributed by atoms with van der Waals surface area (Å²) in [5, 5.41) is 6.05. The topological polar surface area (TPSA) is 55.1 Å². The van der Waals surface area contributed by atoms with Gasteiger partial charge in [0, 0.05) is 16.1 Å². The third kappa shape index (κ3) is 2.38. The second-order valence-electron chi connectivity index (χ2n) is 4.72. The maximum atomic E-state index is 12.2. The smallest absolute Gasteiger partial charge is 0.257 e. The van der Waals surface area contributed by atoms with Gasteiger partial charge in [-0.2, -0.15) is 0 Å². The lowest BCUT2D eigenvalue weighted by Crippen LogP contribution is -2.14. The number of nitrogens with two attached hydrogens (primary N) is 1. The van der Waals surface area contributed by atoms with E-state index in [4.69, 9.17) is 5.73 Å². The minimum atomic E-state index is -0.183. The van der Waals surface area contributed by atoms with Crippen LogP contribution in [0.2, 0.25) is 0 Å². The van der Waals surface area contributed by atoms with E-state index in [0.717, 1.165) is 16.6 Å². The molecule has 0 unspecified atom stereocenters. The highest BCUT2D eigenvalue weighted by molar-refractivity contribution is 7.17. The Labute approximate surface area is 121 Å². The molecule has 1 aromatic heterocycles. The number of anilines is 2. The Morgan fingerprint density at radius 3 is 2.80 bits per heavy atom. The molecule has 0 aliphatic heterocycles. The highest BCUT2D eigenvalue weighted by atomic mass is 32.1. The SMILES string of the molecule is Cc1ccc(C(=O)Nc2ccc3sccc3c2)c(N)c1. The van der Waals surface area contributed by atoms with Crippen molar-refractivity contribution in [1.82, 2.24) is 0 Å². The van der Waals surface area contributed by atoms with Crippen LogP contribution in [-0.4, -0.2) is 5.91 Å². The van der Waals surface area contributed by atoms with Gasteiger partial charge >= 0.3 is 0 Å². The monoisotopic (exact) mass is 282 g/mol. The lowest BCUT2D eigenvalue weighted by atomic mass is 10.1. The van der Waals surface area contributed by atoms with Crippen molar-refractivity contribution >= 4 is 38.7 Å². The van der Waals surface area contributed by atoms with E-state index in [1.54, 1.807) is 23.5 Å². The molecular formula is C16H14N2OS. The minimum Gasteiger partial charge on any atom is -0.398 e. The summed E-state index contributed by atoms with van der Waals surface area (Å²) in [5.74, 6) is -0.183. The molecule has 100 valence electrons. The number of nitrogen functional groups attached to an aromatic ring is 1. The van der Waals surface area contributed by atoms with Crippen molar-refractivity contribution in [2.45, 2.75) is 6.92 Å². The summed E-state index contributed by atoms with van der Waals surface area (Å²) in [6.07, 6.45) is 0. The molecule has 3 rings (SSSR count). The van der Waals surface area contributed by atoms with E-state index in [2.05, 4.69) is 5.32 Å². The Hall–Kier alpha value is -2.33. The number of benzene rings is 2. The van der Waals surface area contributed by atoms with Gasteiger partial charge in [-0.1, -0.05) is 6.07 Å². The first-order chi connectivity index (χ1) is 9.63. The van der Waals surface area contributed by atoms with Crippen molar-refractivity contribution in [3.8, 4) is 0 Å². The van der Waals surface area contributed by atoms with Crippen LogP contribution in [0.4, 0.5) is 11.4 Å². The summed E-state index contributed by atoms with van der Waals surface area (Å²) in [7, 11) is 0. The number of carbonyl (C=O) groups is 1. The van der Waals surface area contributed by atoms with E-state index < -0.39 is 0 Å². The molecule has 0 aliphatic carbocycles. The van der Waals surface area contributed by atoms with Crippen LogP contribution < -0.4 is 11.1 Å². The number of hydrogen-bond acceptors (Lipinski definition) is 3. The molecule has 20 heavy (non-hydrogen) atoms. The van der Waals surface area contributed by atoms with Crippen LogP contribution in [0.1, 0.15) is 15.9 Å². The summed E-state index contributed by atoms with van der Waals surface area (Å²) in [4.78, 5) is 12.2. The van der Waals surface area contributed by atoms with E-state index in [9.17, 15) is 4.79 Å². The summed E-state index contributed by atoms with van der Waals surface area (Å²) in [6.45, 7) is 1.95. The van der Waals surface area contributed by atoms with E-state index >= 15 is 0 Å². The number of aryl methyl sites for hydroxylation is 1. The Bertz CT molecular complexity index is 792. The van der Waals surface area contributed by atoms with Gasteiger partial charge in [0.25, 0.3) is 5.91 Å². The lowest BCUT2D eigenvalue weighted by Gasteiger charge is -2.08. The van der Waals surface area contributed by atoms with Gasteiger partial charge in [-0.25, -0.2) is 0 Å². The maximum Gasteiger partial charge on any atom is 0.257 e. The molecule has 0 bridgehead atoms. The number of fused-ring (bicyclic) bond motifs is 1. The quantitative estimate of drug-likeness (QED) is 0.697. The first-order valence-corrected chi connectivity index (χ1v) is 7.16. The summed E-state index contributed by atoms with van der Waals surface area (Å²) in [5.41, 5.74) is 8.71. The highest BCUT2D eigenvalue weighted by Gasteiger charge is 2.10. The summed E-state index contributed by atoms with van der Waals surface area (Å²) in [6, 6.07) is 13.4. The van der Waals surface area contributed by atoms with Gasteiger partial charge in [0.2, 0.25) is 0 Å². The van der Waals surface area contributed by atoms with Gasteiger partial charge < -0.3 is 11.1 Å². The Balaban J connectivity index is 1.87. The summed E-state index contributed by atoms with van der Waals surface area (Å²) < 4.78 is 1.21. The first kappa shape index (κ1) is 12.7. The third-order valence-electron chi connectivity index (χ3n) is 3.16. The molecule has 1 amide bonds. The third-order valence-corrected chi connectivity index (χ3v) is 4.06. The van der Waals surface area contributed by atoms with E-state index in [-0.39, 0.29) is 5.91 Å². The number of carbonyl (C=O) groups excluding carboxylic acids is 1. The Morgan fingerprint density at radius 1 is 1.15 bits per heavy atom. The van der Waals surface area contributed by atoms with E-state index in [1.807, 2.05) is 42.6 Å². The zero-order valence-corrected chi connectivity index (χ0v) is 11.8. The predicted molar refractivity (Wildman–Crippen MR) is 85.4 cm³/mol. The molecule has 3 N–H and O–H groups in total. The Morgan fingerprint density at radius 2 is 2.00 bits per heavy atom. The van der Waals surface area contributed by atoms with Gasteiger partial charge in [-0.05, 0) is 59.7 Å². The molecule has 0 radical (unpaired) electrons. The number of rotatable bonds is 2. The standard InChI is InChI=1S/C16H14N2OS/c1-10-2-4-13(14(17)8-10)16(19)18-12-3-5-15-11(9-12)6-7-20-15/h2-9H,17H2,1H3,(H,18,19). The number of nitrogens with one attached hydrogen (secondary N) is 1. The molecule has 3 aromatic rings. The zero-order valence-electron chi connectivity index (χ0n) is 11.0. The minimum absolute atomic E-state index is 0.183. The number of amides is 1. The fraction of sp³-hybridized carbons (Fsp3) is 0.0625. The van der Waals surface area contributed by atoms with Crippen LogP contribution in [0.5, 0.6) is 0 Å². The average molecular weight is 282 g/mol. The van der Waals surface area contributed by atoms with E-state index in [1.165, 1.54) is 4.70 Å². The normalized spacial score (nSPS) is 10.7. The summed E-state index contributed by atoms with van der Waals surface area (Å²) >= 11 is 1.68. The second-order valence-corrected chi connectivity index (χ2v) is 5.67. The molecule has 0 saturated carbocycles. The molecule has 4 heteroatoms. The van der Waals surface area contributed by atoms with E-state index in [0.29, 0.717) is 11.3 Å². The van der Waals surface area contributed by atoms with Crippen LogP contribution in [0.15, 0.2) is 47.8 Å². The van der Waals surface area contributed by atoms with Gasteiger partial charge in [0.05, 0.1) is 5.56 Å². The van der Waals surface area contributed by atoms with Crippen molar-refractivity contribution < 1.29 is 4.79 Å². The van der Waals surface area contributed by atoms with Crippen molar-refractivity contribution in [3.05, 3.63) is 59.0 Å². The lowest BCUT2D eigenvalue weighted by molar-refractivity contribution is 0.102. The fourth-order valence-electron chi connectivity index (χ4n) is 2.13. The second kappa shape index (κ2) is 4.98. The zero-order chi connectivity index (χ0) is 14.1. The van der Waals surface area contributed by atoms with Crippen molar-refractivity contribution in [1.29, 1.82) is 0 Å². The van der Waals surface area contributed by atoms with Crippen molar-refractivity contribution in [3.63, 3.8) is 0 Å². The van der Waals surface area contributed by atoms with Crippen LogP contribution in [0.25, 0.3) is 10.1 Å². The molecule has 0 saturated heterocycles. The van der Waals surface area contributed by atoms with Gasteiger partial charge in [0.15, 0.2) is 0 Å². The molecular weight excluding hydrogens is 268 g/mol.